The lowest BCUT2D eigenvalue weighted by Gasteiger charge is -2.31. The molecule has 0 fully saturated rings. The van der Waals surface area contributed by atoms with Crippen LogP contribution < -0.4 is 9.13 Å². The van der Waals surface area contributed by atoms with Crippen LogP contribution in [0, 0.1) is 0 Å². The van der Waals surface area contributed by atoms with Gasteiger partial charge in [-0.3, -0.25) is 0 Å². The Morgan fingerprint density at radius 2 is 1.72 bits per heavy atom. The molecule has 2 aliphatic rings. The van der Waals surface area contributed by atoms with Gasteiger partial charge in [-0.25, -0.2) is 14.2 Å². The number of hydrogen-bond donors (Lipinski definition) is 0. The van der Waals surface area contributed by atoms with Gasteiger partial charge in [0.05, 0.1) is 6.20 Å². The van der Waals surface area contributed by atoms with Gasteiger partial charge in [-0.2, -0.15) is 22.7 Å². The van der Waals surface area contributed by atoms with Crippen molar-refractivity contribution in [2.75, 3.05) is 0 Å². The van der Waals surface area contributed by atoms with E-state index < -0.39 is 29.6 Å². The number of fused-ring (bicyclic) bond motifs is 12. The monoisotopic (exact) mass is 635 g/mol. The maximum atomic E-state index is 14.3. The summed E-state index contributed by atoms with van der Waals surface area (Å²) in [6.45, 7) is 4.30. The topological polar surface area (TPSA) is 64.2 Å². The van der Waals surface area contributed by atoms with Crippen molar-refractivity contribution in [3.05, 3.63) is 96.7 Å². The summed E-state index contributed by atoms with van der Waals surface area (Å²) in [5.41, 5.74) is 4.70. The molecule has 0 aliphatic carbocycles. The zero-order valence-corrected chi connectivity index (χ0v) is 25.8. The summed E-state index contributed by atoms with van der Waals surface area (Å²) >= 11 is 1.75. The molecule has 7 aromatic rings. The molecule has 7 nitrogen and oxygen atoms in total. The van der Waals surface area contributed by atoms with Gasteiger partial charge >= 0.3 is 11.8 Å². The van der Waals surface area contributed by atoms with Gasteiger partial charge in [-0.05, 0) is 35.3 Å². The van der Waals surface area contributed by atoms with Crippen molar-refractivity contribution in [1.29, 1.82) is 0 Å². The van der Waals surface area contributed by atoms with Crippen LogP contribution in [0.3, 0.4) is 0 Å². The van der Waals surface area contributed by atoms with Crippen molar-refractivity contribution in [3.63, 3.8) is 0 Å². The van der Waals surface area contributed by atoms with Crippen LogP contribution in [0.25, 0.3) is 54.1 Å². The summed E-state index contributed by atoms with van der Waals surface area (Å²) in [6.07, 6.45) is 2.70. The van der Waals surface area contributed by atoms with Gasteiger partial charge < -0.3 is 0 Å². The van der Waals surface area contributed by atoms with E-state index in [0.29, 0.717) is 23.3 Å². The summed E-state index contributed by atoms with van der Waals surface area (Å²) in [5.74, 6) is -0.922. The zero-order valence-electron chi connectivity index (χ0n) is 25.0. The van der Waals surface area contributed by atoms with E-state index in [4.69, 9.17) is 4.98 Å². The van der Waals surface area contributed by atoms with Crippen LogP contribution in [0.4, 0.5) is 13.2 Å². The van der Waals surface area contributed by atoms with E-state index >= 15 is 0 Å². The Kier molecular flexibility index (Phi) is 5.76. The third-order valence-electron chi connectivity index (χ3n) is 10.1. The van der Waals surface area contributed by atoms with Crippen molar-refractivity contribution in [1.82, 2.24) is 24.7 Å². The molecule has 46 heavy (non-hydrogen) atoms. The lowest BCUT2D eigenvalue weighted by Crippen LogP contribution is -2.57. The van der Waals surface area contributed by atoms with Crippen molar-refractivity contribution in [2.45, 2.75) is 56.9 Å². The first-order valence-electron chi connectivity index (χ1n) is 15.5. The molecule has 0 bridgehead atoms. The summed E-state index contributed by atoms with van der Waals surface area (Å²) in [7, 11) is 0. The smallest absolute Gasteiger partial charge is 0.244 e. The minimum absolute atomic E-state index is 0.214. The predicted octanol–water partition coefficient (Wildman–Crippen LogP) is 7.58. The van der Waals surface area contributed by atoms with E-state index in [2.05, 4.69) is 74.4 Å². The largest absolute Gasteiger partial charge is 0.453 e. The molecular weight excluding hydrogens is 607 g/mol. The SMILES string of the molecule is CCC1(CC)CC(C2c3ccc4sc5ccccc5c4c3-c3ccc4nccnc4[n+]32)n2nc(C(F)(F)F)nc2-c2cccc[n+]21. The molecule has 2 aliphatic heterocycles. The molecule has 7 heterocycles. The first-order chi connectivity index (χ1) is 22.3. The van der Waals surface area contributed by atoms with Gasteiger partial charge in [0.1, 0.15) is 11.7 Å². The van der Waals surface area contributed by atoms with Crippen LogP contribution in [0.15, 0.2) is 85.3 Å². The molecule has 2 unspecified atom stereocenters. The fourth-order valence-electron chi connectivity index (χ4n) is 7.94. The Labute approximate surface area is 265 Å². The molecule has 0 amide bonds. The fourth-order valence-corrected chi connectivity index (χ4v) is 9.06. The van der Waals surface area contributed by atoms with Gasteiger partial charge in [0, 0.05) is 62.7 Å². The Hall–Kier alpha value is -4.77. The molecule has 2 atom stereocenters. The highest BCUT2D eigenvalue weighted by molar-refractivity contribution is 7.25. The fraction of sp³-hybridized carbons (Fsp3) is 0.257. The Balaban J connectivity index is 1.41. The lowest BCUT2D eigenvalue weighted by molar-refractivity contribution is -0.759. The van der Waals surface area contributed by atoms with Crippen molar-refractivity contribution >= 4 is 42.7 Å². The summed E-state index contributed by atoms with van der Waals surface area (Å²) in [6, 6.07) is 21.4. The number of pyridine rings is 2. The maximum Gasteiger partial charge on any atom is 0.453 e. The Morgan fingerprint density at radius 3 is 2.54 bits per heavy atom. The number of benzene rings is 2. The second-order valence-electron chi connectivity index (χ2n) is 12.2. The number of thiophene rings is 1. The summed E-state index contributed by atoms with van der Waals surface area (Å²) in [5, 5.41) is 6.60. The van der Waals surface area contributed by atoms with Crippen LogP contribution in [0.1, 0.15) is 56.6 Å². The molecule has 0 N–H and O–H groups in total. The molecule has 2 aromatic carbocycles. The van der Waals surface area contributed by atoms with E-state index in [-0.39, 0.29) is 5.82 Å². The van der Waals surface area contributed by atoms with Gasteiger partial charge in [0.25, 0.3) is 11.5 Å². The van der Waals surface area contributed by atoms with Crippen LogP contribution in [0.5, 0.6) is 0 Å². The molecule has 11 heteroatoms. The van der Waals surface area contributed by atoms with Crippen LogP contribution in [-0.2, 0) is 11.7 Å². The third kappa shape index (κ3) is 3.66. The standard InChI is InChI=1S/C35H28F3N7S/c1-3-34(4-2)19-25(45-32(24-10-7-8-18-43(24)34)41-33(42-45)35(36,37)38)30-21-12-15-27-29(20-9-5-6-11-26(20)46-27)28(21)23-14-13-22-31(44(23)30)40-17-16-39-22/h5-18,25,30H,3-4,19H2,1-2H3/q+2. The molecule has 0 saturated carbocycles. The van der Waals surface area contributed by atoms with E-state index in [1.165, 1.54) is 4.70 Å². The van der Waals surface area contributed by atoms with E-state index in [1.807, 2.05) is 36.5 Å². The van der Waals surface area contributed by atoms with Crippen molar-refractivity contribution in [3.8, 4) is 22.8 Å². The molecule has 9 rings (SSSR count). The predicted molar refractivity (Wildman–Crippen MR) is 169 cm³/mol. The molecule has 228 valence electrons. The molecule has 5 aromatic heterocycles. The number of halogens is 3. The zero-order chi connectivity index (χ0) is 31.4. The highest BCUT2D eigenvalue weighted by Crippen LogP contribution is 2.51. The number of hydrogen-bond acceptors (Lipinski definition) is 5. The number of alkyl halides is 3. The maximum absolute atomic E-state index is 14.3. The summed E-state index contributed by atoms with van der Waals surface area (Å²) in [4.78, 5) is 13.7. The second-order valence-corrected chi connectivity index (χ2v) is 13.2. The first kappa shape index (κ1) is 27.5. The molecule has 0 radical (unpaired) electrons. The van der Waals surface area contributed by atoms with Gasteiger partial charge in [-0.1, -0.05) is 38.1 Å². The number of nitrogens with zero attached hydrogens (tertiary/aromatic N) is 7. The van der Waals surface area contributed by atoms with Crippen molar-refractivity contribution in [2.24, 2.45) is 0 Å². The molecule has 0 spiro atoms. The minimum atomic E-state index is -4.70. The van der Waals surface area contributed by atoms with Gasteiger partial charge in [0.15, 0.2) is 29.5 Å². The highest BCUT2D eigenvalue weighted by atomic mass is 32.1. The van der Waals surface area contributed by atoms with E-state index in [0.717, 1.165) is 45.1 Å². The molecule has 0 saturated heterocycles. The minimum Gasteiger partial charge on any atom is -0.244 e. The van der Waals surface area contributed by atoms with Crippen LogP contribution in [0.2, 0.25) is 0 Å². The van der Waals surface area contributed by atoms with Crippen LogP contribution >= 0.6 is 11.3 Å². The quantitative estimate of drug-likeness (QED) is 0.188. The van der Waals surface area contributed by atoms with Gasteiger partial charge in [0.2, 0.25) is 5.82 Å². The average molecular weight is 636 g/mol. The van der Waals surface area contributed by atoms with Crippen LogP contribution in [-0.4, -0.2) is 24.7 Å². The highest BCUT2D eigenvalue weighted by Gasteiger charge is 2.53. The Morgan fingerprint density at radius 1 is 0.913 bits per heavy atom. The normalized spacial score (nSPS) is 18.4. The van der Waals surface area contributed by atoms with Crippen molar-refractivity contribution < 1.29 is 22.3 Å². The third-order valence-corrected chi connectivity index (χ3v) is 11.2. The number of rotatable bonds is 3. The van der Waals surface area contributed by atoms with Gasteiger partial charge in [-0.15, -0.1) is 16.4 Å². The lowest BCUT2D eigenvalue weighted by atomic mass is 9.81. The average Bonchev–Trinajstić information content (AvgIpc) is 3.76. The first-order valence-corrected chi connectivity index (χ1v) is 16.3. The van der Waals surface area contributed by atoms with E-state index in [1.54, 1.807) is 28.4 Å². The molecular formula is C35H28F3N7S+2. The van der Waals surface area contributed by atoms with E-state index in [9.17, 15) is 13.2 Å². The summed E-state index contributed by atoms with van der Waals surface area (Å²) < 4.78 is 51.3. The Bertz CT molecular complexity index is 2350. The second kappa shape index (κ2) is 9.62. The number of aromatic nitrogens is 7.